The number of azo groups is 1. The smallest absolute Gasteiger partial charge is 0.134 e. The molecule has 2 aromatic rings. The van der Waals surface area contributed by atoms with Gasteiger partial charge in [0.15, 0.2) is 0 Å². The first kappa shape index (κ1) is 12.9. The molecule has 2 rings (SSSR count). The van der Waals surface area contributed by atoms with E-state index in [1.807, 2.05) is 30.5 Å². The van der Waals surface area contributed by atoms with Crippen LogP contribution in [0.15, 0.2) is 57.6 Å². The summed E-state index contributed by atoms with van der Waals surface area (Å²) in [4.78, 5) is 1.13. The van der Waals surface area contributed by atoms with Gasteiger partial charge in [-0.25, -0.2) is 0 Å². The van der Waals surface area contributed by atoms with Gasteiger partial charge in [0.1, 0.15) is 5.75 Å². The highest BCUT2D eigenvalue weighted by atomic mass is 35.5. The Bertz CT molecular complexity index is 587. The molecule has 0 spiro atoms. The third kappa shape index (κ3) is 3.24. The third-order valence-corrected chi connectivity index (χ3v) is 3.29. The van der Waals surface area contributed by atoms with Crippen molar-refractivity contribution in [2.24, 2.45) is 10.2 Å². The molecule has 0 fully saturated rings. The van der Waals surface area contributed by atoms with Gasteiger partial charge in [-0.05, 0) is 42.7 Å². The third-order valence-electron chi connectivity index (χ3n) is 2.27. The van der Waals surface area contributed by atoms with Crippen LogP contribution in [0.1, 0.15) is 0 Å². The number of benzene rings is 2. The van der Waals surface area contributed by atoms with Crippen molar-refractivity contribution in [1.82, 2.24) is 0 Å². The van der Waals surface area contributed by atoms with Gasteiger partial charge in [-0.1, -0.05) is 17.7 Å². The normalized spacial score (nSPS) is 11.0. The second-order valence-electron chi connectivity index (χ2n) is 3.54. The maximum Gasteiger partial charge on any atom is 0.134 e. The van der Waals surface area contributed by atoms with E-state index < -0.39 is 0 Å². The van der Waals surface area contributed by atoms with Crippen LogP contribution in [-0.2, 0) is 0 Å². The van der Waals surface area contributed by atoms with E-state index in [1.165, 1.54) is 6.07 Å². The molecule has 0 saturated heterocycles. The lowest BCUT2D eigenvalue weighted by Gasteiger charge is -1.98. The van der Waals surface area contributed by atoms with Crippen molar-refractivity contribution in [2.45, 2.75) is 4.90 Å². The Kier molecular flexibility index (Phi) is 4.23. The molecule has 0 radical (unpaired) electrons. The number of phenols is 1. The van der Waals surface area contributed by atoms with Crippen molar-refractivity contribution in [2.75, 3.05) is 6.26 Å². The molecule has 5 heteroatoms. The number of hydrogen-bond donors (Lipinski definition) is 1. The van der Waals surface area contributed by atoms with E-state index in [0.29, 0.717) is 5.69 Å². The first-order valence-electron chi connectivity index (χ1n) is 5.23. The Morgan fingerprint density at radius 3 is 2.44 bits per heavy atom. The average Bonchev–Trinajstić information content (AvgIpc) is 2.40. The molecule has 2 aromatic carbocycles. The predicted octanol–water partition coefficient (Wildman–Crippen LogP) is 5.18. The summed E-state index contributed by atoms with van der Waals surface area (Å²) in [5.74, 6) is 0.0417. The summed E-state index contributed by atoms with van der Waals surface area (Å²) in [7, 11) is 0. The highest BCUT2D eigenvalue weighted by Crippen LogP contribution is 2.29. The molecule has 0 aromatic heterocycles. The molecular weight excluding hydrogens is 268 g/mol. The Hall–Kier alpha value is -1.52. The Labute approximate surface area is 115 Å². The Morgan fingerprint density at radius 2 is 1.78 bits per heavy atom. The zero-order valence-electron chi connectivity index (χ0n) is 9.67. The number of rotatable bonds is 3. The van der Waals surface area contributed by atoms with Crippen molar-refractivity contribution in [1.29, 1.82) is 0 Å². The molecule has 0 bridgehead atoms. The van der Waals surface area contributed by atoms with Crippen LogP contribution >= 0.6 is 23.4 Å². The van der Waals surface area contributed by atoms with Gasteiger partial charge in [0.2, 0.25) is 0 Å². The monoisotopic (exact) mass is 278 g/mol. The highest BCUT2D eigenvalue weighted by molar-refractivity contribution is 7.98. The fourth-order valence-electron chi connectivity index (χ4n) is 1.35. The summed E-state index contributed by atoms with van der Waals surface area (Å²) in [6.45, 7) is 0. The van der Waals surface area contributed by atoms with Gasteiger partial charge in [0.05, 0.1) is 16.4 Å². The lowest BCUT2D eigenvalue weighted by Crippen LogP contribution is -1.70. The van der Waals surface area contributed by atoms with Crippen molar-refractivity contribution in [3.8, 4) is 5.75 Å². The van der Waals surface area contributed by atoms with Crippen molar-refractivity contribution in [3.63, 3.8) is 0 Å². The maximum atomic E-state index is 9.29. The summed E-state index contributed by atoms with van der Waals surface area (Å²) in [6, 6.07) is 12.5. The number of halogens is 1. The molecule has 0 heterocycles. The van der Waals surface area contributed by atoms with E-state index >= 15 is 0 Å². The minimum atomic E-state index is 0.0417. The van der Waals surface area contributed by atoms with Crippen LogP contribution in [0.2, 0.25) is 5.02 Å². The molecule has 0 aliphatic rings. The fourth-order valence-corrected chi connectivity index (χ4v) is 1.97. The molecule has 0 saturated carbocycles. The largest absolute Gasteiger partial charge is 0.506 e. The lowest BCUT2D eigenvalue weighted by molar-refractivity contribution is 0.475. The van der Waals surface area contributed by atoms with Crippen molar-refractivity contribution < 1.29 is 5.11 Å². The molecular formula is C13H11ClN2OS. The van der Waals surface area contributed by atoms with E-state index in [-0.39, 0.29) is 10.8 Å². The van der Waals surface area contributed by atoms with Gasteiger partial charge < -0.3 is 5.11 Å². The van der Waals surface area contributed by atoms with Crippen LogP contribution in [0, 0.1) is 0 Å². The summed E-state index contributed by atoms with van der Waals surface area (Å²) >= 11 is 7.44. The minimum absolute atomic E-state index is 0.0417. The highest BCUT2D eigenvalue weighted by Gasteiger charge is 1.99. The number of hydrogen-bond acceptors (Lipinski definition) is 4. The molecule has 1 N–H and O–H groups in total. The second-order valence-corrected chi connectivity index (χ2v) is 4.82. The van der Waals surface area contributed by atoms with E-state index in [4.69, 9.17) is 11.6 Å². The first-order chi connectivity index (χ1) is 8.69. The first-order valence-corrected chi connectivity index (χ1v) is 6.83. The number of phenolic OH excluding ortho intramolecular Hbond substituents is 1. The Balaban J connectivity index is 2.21. The second kappa shape index (κ2) is 5.89. The zero-order chi connectivity index (χ0) is 13.0. The summed E-state index contributed by atoms with van der Waals surface area (Å²) in [5.41, 5.74) is 1.39. The number of thioether (sulfide) groups is 1. The summed E-state index contributed by atoms with van der Waals surface area (Å²) in [5, 5.41) is 17.8. The SMILES string of the molecule is CSc1cccc(N=Nc2ccc(O)c(Cl)c2)c1. The van der Waals surface area contributed by atoms with E-state index in [2.05, 4.69) is 10.2 Å². The van der Waals surface area contributed by atoms with Gasteiger partial charge in [-0.15, -0.1) is 11.8 Å². The molecule has 0 amide bonds. The van der Waals surface area contributed by atoms with Gasteiger partial charge >= 0.3 is 0 Å². The van der Waals surface area contributed by atoms with Crippen molar-refractivity contribution >= 4 is 34.7 Å². The van der Waals surface area contributed by atoms with E-state index in [0.717, 1.165) is 10.6 Å². The lowest BCUT2D eigenvalue weighted by atomic mass is 10.3. The van der Waals surface area contributed by atoms with Crippen LogP contribution in [-0.4, -0.2) is 11.4 Å². The zero-order valence-corrected chi connectivity index (χ0v) is 11.2. The Morgan fingerprint density at radius 1 is 1.06 bits per heavy atom. The molecule has 0 aliphatic heterocycles. The van der Waals surface area contributed by atoms with E-state index in [9.17, 15) is 5.11 Å². The van der Waals surface area contributed by atoms with Gasteiger partial charge in [-0.3, -0.25) is 0 Å². The molecule has 0 atom stereocenters. The minimum Gasteiger partial charge on any atom is -0.506 e. The van der Waals surface area contributed by atoms with Crippen molar-refractivity contribution in [3.05, 3.63) is 47.5 Å². The fraction of sp³-hybridized carbons (Fsp3) is 0.0769. The van der Waals surface area contributed by atoms with Crippen LogP contribution < -0.4 is 0 Å². The van der Waals surface area contributed by atoms with Gasteiger partial charge in [0.25, 0.3) is 0 Å². The molecule has 3 nitrogen and oxygen atoms in total. The van der Waals surface area contributed by atoms with Gasteiger partial charge in [-0.2, -0.15) is 10.2 Å². The van der Waals surface area contributed by atoms with Crippen LogP contribution in [0.4, 0.5) is 11.4 Å². The van der Waals surface area contributed by atoms with E-state index in [1.54, 1.807) is 23.9 Å². The quantitative estimate of drug-likeness (QED) is 0.621. The predicted molar refractivity (Wildman–Crippen MR) is 75.5 cm³/mol. The van der Waals surface area contributed by atoms with Crippen LogP contribution in [0.3, 0.4) is 0 Å². The van der Waals surface area contributed by atoms with Gasteiger partial charge in [0, 0.05) is 4.90 Å². The van der Waals surface area contributed by atoms with Crippen LogP contribution in [0.5, 0.6) is 5.75 Å². The number of aromatic hydroxyl groups is 1. The standard InChI is InChI=1S/C13H11ClN2OS/c1-18-11-4-2-3-9(7-11)15-16-10-5-6-13(17)12(14)8-10/h2-8,17H,1H3. The number of nitrogens with zero attached hydrogens (tertiary/aromatic N) is 2. The maximum absolute atomic E-state index is 9.29. The summed E-state index contributed by atoms with van der Waals surface area (Å²) < 4.78 is 0. The molecule has 92 valence electrons. The molecule has 0 unspecified atom stereocenters. The average molecular weight is 279 g/mol. The molecule has 18 heavy (non-hydrogen) atoms. The topological polar surface area (TPSA) is 45.0 Å². The summed E-state index contributed by atoms with van der Waals surface area (Å²) in [6.07, 6.45) is 2.01. The molecule has 0 aliphatic carbocycles. The van der Waals surface area contributed by atoms with Crippen LogP contribution in [0.25, 0.3) is 0 Å².